The minimum Gasteiger partial charge on any atom is -0.490 e. The van der Waals surface area contributed by atoms with Gasteiger partial charge in [-0.1, -0.05) is 0 Å². The first-order valence-electron chi connectivity index (χ1n) is 8.46. The van der Waals surface area contributed by atoms with E-state index in [2.05, 4.69) is 5.32 Å². The van der Waals surface area contributed by atoms with Gasteiger partial charge in [0.25, 0.3) is 0 Å². The molecular formula is C18H26FNO3. The summed E-state index contributed by atoms with van der Waals surface area (Å²) in [6.07, 6.45) is 4.90. The van der Waals surface area contributed by atoms with E-state index >= 15 is 0 Å². The zero-order chi connectivity index (χ0) is 16.5. The summed E-state index contributed by atoms with van der Waals surface area (Å²) >= 11 is 0. The maximum absolute atomic E-state index is 12.9. The first-order valence-corrected chi connectivity index (χ1v) is 8.46. The smallest absolute Gasteiger partial charge is 0.307 e. The lowest BCUT2D eigenvalue weighted by molar-refractivity contribution is -0.142. The van der Waals surface area contributed by atoms with E-state index in [9.17, 15) is 9.18 Å². The minimum absolute atomic E-state index is 0.142. The lowest BCUT2D eigenvalue weighted by atomic mass is 9.87. The highest BCUT2D eigenvalue weighted by atomic mass is 19.1. The van der Waals surface area contributed by atoms with Crippen LogP contribution in [0.5, 0.6) is 5.75 Å². The third-order valence-electron chi connectivity index (χ3n) is 4.15. The van der Waals surface area contributed by atoms with E-state index in [0.717, 1.165) is 38.0 Å². The Morgan fingerprint density at radius 1 is 1.22 bits per heavy atom. The normalized spacial score (nSPS) is 21.0. The number of hydrogen-bond acceptors (Lipinski definition) is 4. The number of hydrogen-bond donors (Lipinski definition) is 1. The second-order valence-corrected chi connectivity index (χ2v) is 5.97. The fraction of sp³-hybridized carbons (Fsp3) is 0.611. The van der Waals surface area contributed by atoms with E-state index < -0.39 is 0 Å². The van der Waals surface area contributed by atoms with Gasteiger partial charge in [0, 0.05) is 6.54 Å². The van der Waals surface area contributed by atoms with Crippen LogP contribution in [0.1, 0.15) is 39.0 Å². The van der Waals surface area contributed by atoms with Gasteiger partial charge in [0.2, 0.25) is 0 Å². The summed E-state index contributed by atoms with van der Waals surface area (Å²) in [5.41, 5.74) is 0. The van der Waals surface area contributed by atoms with Crippen molar-refractivity contribution in [3.05, 3.63) is 30.1 Å². The number of rotatable bonds is 8. The molecule has 1 aliphatic rings. The Balaban J connectivity index is 1.58. The number of nitrogens with one attached hydrogen (secondary N) is 1. The molecule has 0 bridgehead atoms. The van der Waals surface area contributed by atoms with Crippen LogP contribution < -0.4 is 10.1 Å². The van der Waals surface area contributed by atoms with Gasteiger partial charge in [-0.25, -0.2) is 4.39 Å². The molecule has 0 unspecified atom stereocenters. The minimum atomic E-state index is -0.241. The summed E-state index contributed by atoms with van der Waals surface area (Å²) in [7, 11) is 0. The second-order valence-electron chi connectivity index (χ2n) is 5.97. The molecule has 4 nitrogen and oxygen atoms in total. The number of carbonyl (C=O) groups is 1. The number of carbonyl (C=O) groups excluding carboxylic acids is 1. The van der Waals surface area contributed by atoms with Crippen LogP contribution in [0.15, 0.2) is 24.3 Å². The van der Waals surface area contributed by atoms with E-state index in [-0.39, 0.29) is 17.9 Å². The lowest BCUT2D eigenvalue weighted by Crippen LogP contribution is -2.31. The fourth-order valence-electron chi connectivity index (χ4n) is 2.89. The molecule has 5 heteroatoms. The van der Waals surface area contributed by atoms with Crippen molar-refractivity contribution in [2.75, 3.05) is 19.7 Å². The van der Waals surface area contributed by atoms with Crippen molar-refractivity contribution in [2.45, 2.75) is 45.1 Å². The van der Waals surface area contributed by atoms with Crippen molar-refractivity contribution in [3.63, 3.8) is 0 Å². The van der Waals surface area contributed by atoms with Crippen LogP contribution in [-0.4, -0.2) is 31.8 Å². The Kier molecular flexibility index (Phi) is 7.33. The van der Waals surface area contributed by atoms with Crippen molar-refractivity contribution in [2.24, 2.45) is 5.92 Å². The molecule has 2 rings (SSSR count). The van der Waals surface area contributed by atoms with E-state index in [1.807, 2.05) is 6.92 Å². The van der Waals surface area contributed by atoms with Crippen molar-refractivity contribution in [1.82, 2.24) is 5.32 Å². The topological polar surface area (TPSA) is 47.6 Å². The molecule has 23 heavy (non-hydrogen) atoms. The van der Waals surface area contributed by atoms with Crippen molar-refractivity contribution >= 4 is 5.97 Å². The highest BCUT2D eigenvalue weighted by Crippen LogP contribution is 2.27. The summed E-state index contributed by atoms with van der Waals surface area (Å²) in [5.74, 6) is 0.985. The average molecular weight is 323 g/mol. The zero-order valence-electron chi connectivity index (χ0n) is 13.7. The monoisotopic (exact) mass is 323 g/mol. The van der Waals surface area contributed by atoms with Crippen LogP contribution in [-0.2, 0) is 9.53 Å². The van der Waals surface area contributed by atoms with Gasteiger partial charge in [-0.2, -0.15) is 0 Å². The third kappa shape index (κ3) is 6.57. The van der Waals surface area contributed by atoms with Gasteiger partial charge in [-0.15, -0.1) is 0 Å². The Morgan fingerprint density at radius 2 is 1.91 bits per heavy atom. The molecule has 1 N–H and O–H groups in total. The molecule has 1 aliphatic carbocycles. The fourth-order valence-corrected chi connectivity index (χ4v) is 2.89. The van der Waals surface area contributed by atoms with E-state index in [1.54, 1.807) is 12.1 Å². The van der Waals surface area contributed by atoms with E-state index in [0.29, 0.717) is 25.5 Å². The quantitative estimate of drug-likeness (QED) is 0.589. The van der Waals surface area contributed by atoms with E-state index in [1.165, 1.54) is 12.1 Å². The largest absolute Gasteiger partial charge is 0.490 e. The molecule has 1 aromatic carbocycles. The molecule has 1 aromatic rings. The summed E-state index contributed by atoms with van der Waals surface area (Å²) in [6, 6.07) is 6.21. The van der Waals surface area contributed by atoms with Gasteiger partial charge in [0.15, 0.2) is 0 Å². The molecule has 1 saturated carbocycles. The Morgan fingerprint density at radius 3 is 2.57 bits per heavy atom. The average Bonchev–Trinajstić information content (AvgIpc) is 2.55. The number of ether oxygens (including phenoxy) is 2. The molecule has 0 radical (unpaired) electrons. The number of benzene rings is 1. The summed E-state index contributed by atoms with van der Waals surface area (Å²) in [6.45, 7) is 3.86. The van der Waals surface area contributed by atoms with Crippen LogP contribution >= 0.6 is 0 Å². The molecule has 0 spiro atoms. The molecule has 0 aliphatic heterocycles. The van der Waals surface area contributed by atoms with E-state index in [4.69, 9.17) is 9.47 Å². The van der Waals surface area contributed by atoms with Gasteiger partial charge in [-0.05, 0) is 69.3 Å². The van der Waals surface area contributed by atoms with Crippen LogP contribution in [0.3, 0.4) is 0 Å². The number of halogens is 1. The maximum atomic E-state index is 12.9. The Bertz CT molecular complexity index is 470. The Hall–Kier alpha value is -1.62. The summed E-state index contributed by atoms with van der Waals surface area (Å²) in [5, 5.41) is 3.33. The van der Waals surface area contributed by atoms with Crippen molar-refractivity contribution in [3.8, 4) is 5.75 Å². The Labute approximate surface area is 137 Å². The second kappa shape index (κ2) is 9.50. The third-order valence-corrected chi connectivity index (χ3v) is 4.15. The van der Waals surface area contributed by atoms with Gasteiger partial charge >= 0.3 is 5.97 Å². The van der Waals surface area contributed by atoms with Gasteiger partial charge in [-0.3, -0.25) is 4.79 Å². The summed E-state index contributed by atoms with van der Waals surface area (Å²) in [4.78, 5) is 11.2. The highest BCUT2D eigenvalue weighted by Gasteiger charge is 2.22. The predicted molar refractivity (Wildman–Crippen MR) is 86.9 cm³/mol. The maximum Gasteiger partial charge on any atom is 0.307 e. The number of esters is 1. The van der Waals surface area contributed by atoms with Gasteiger partial charge in [0.05, 0.1) is 19.1 Å². The lowest BCUT2D eigenvalue weighted by Gasteiger charge is -2.29. The first-order chi connectivity index (χ1) is 11.2. The standard InChI is InChI=1S/C18H26FNO3/c1-2-22-18(21)11-12-20-13-14-3-7-16(8-4-14)23-17-9-5-15(19)6-10-17/h5-6,9-10,14,16,20H,2-4,7-8,11-13H2,1H3/t14-,16-. The highest BCUT2D eigenvalue weighted by molar-refractivity contribution is 5.69. The van der Waals surface area contributed by atoms with Crippen LogP contribution in [0, 0.1) is 11.7 Å². The summed E-state index contributed by atoms with van der Waals surface area (Å²) < 4.78 is 23.7. The van der Waals surface area contributed by atoms with Crippen molar-refractivity contribution < 1.29 is 18.7 Å². The molecular weight excluding hydrogens is 297 g/mol. The molecule has 0 heterocycles. The first kappa shape index (κ1) is 17.7. The predicted octanol–water partition coefficient (Wildman–Crippen LogP) is 3.31. The molecule has 0 atom stereocenters. The molecule has 128 valence electrons. The van der Waals surface area contributed by atoms with Crippen LogP contribution in [0.4, 0.5) is 4.39 Å². The van der Waals surface area contributed by atoms with Gasteiger partial charge < -0.3 is 14.8 Å². The SMILES string of the molecule is CCOC(=O)CCNC[C@H]1CC[C@H](Oc2ccc(F)cc2)CC1. The molecule has 1 fully saturated rings. The van der Waals surface area contributed by atoms with Crippen LogP contribution in [0.25, 0.3) is 0 Å². The zero-order valence-corrected chi connectivity index (χ0v) is 13.7. The molecule has 0 aromatic heterocycles. The van der Waals surface area contributed by atoms with Gasteiger partial charge in [0.1, 0.15) is 11.6 Å². The van der Waals surface area contributed by atoms with Crippen molar-refractivity contribution in [1.29, 1.82) is 0 Å². The molecule has 0 amide bonds. The van der Waals surface area contributed by atoms with Crippen LogP contribution in [0.2, 0.25) is 0 Å². The molecule has 0 saturated heterocycles.